The van der Waals surface area contributed by atoms with Crippen molar-refractivity contribution in [2.24, 2.45) is 13.0 Å². The molecule has 0 spiro atoms. The predicted octanol–water partition coefficient (Wildman–Crippen LogP) is 7.76. The van der Waals surface area contributed by atoms with Crippen LogP contribution in [0.1, 0.15) is 76.6 Å². The molecular formula is C31H45NO4. The monoisotopic (exact) mass is 495 g/mol. The lowest BCUT2D eigenvalue weighted by atomic mass is 9.88. The Kier molecular flexibility index (Phi) is 11.9. The van der Waals surface area contributed by atoms with Crippen molar-refractivity contribution in [2.45, 2.75) is 88.2 Å². The molecule has 3 aromatic rings. The predicted molar refractivity (Wildman–Crippen MR) is 152 cm³/mol. The third kappa shape index (κ3) is 6.77. The Labute approximate surface area is 217 Å². The van der Waals surface area contributed by atoms with Gasteiger partial charge in [-0.15, -0.1) is 0 Å². The number of pyridine rings is 1. The smallest absolute Gasteiger partial charge is 0.306 e. The lowest BCUT2D eigenvalue weighted by Crippen LogP contribution is -2.20. The number of aromatic nitrogens is 1. The van der Waals surface area contributed by atoms with Crippen molar-refractivity contribution in [1.82, 2.24) is 4.57 Å². The molecular weight excluding hydrogens is 450 g/mol. The van der Waals surface area contributed by atoms with Gasteiger partial charge in [0, 0.05) is 12.6 Å². The van der Waals surface area contributed by atoms with Crippen LogP contribution in [0.15, 0.2) is 35.1 Å². The molecule has 0 aliphatic heterocycles. The maximum absolute atomic E-state index is 13.2. The van der Waals surface area contributed by atoms with Crippen molar-refractivity contribution in [3.8, 4) is 16.9 Å². The highest BCUT2D eigenvalue weighted by Gasteiger charge is 2.21. The van der Waals surface area contributed by atoms with Crippen molar-refractivity contribution >= 4 is 16.9 Å². The van der Waals surface area contributed by atoms with Crippen LogP contribution >= 0.6 is 0 Å². The standard InChI is InChI=1S/C24H29NO2.C5H10O2.C2H6/c1-8-14(2)27-23-17(5)15(3)22(16(4)18(23)6)20-13-19-11-9-10-12-21(19)25(7)24(20)26;1-3-4(2)5(6)7;1-2/h9-14H,8H2,1-7H3;4H,3H2,1-2H3,(H,6,7);1-2H3. The number of aliphatic carboxylic acids is 1. The number of carbonyl (C=O) groups is 1. The van der Waals surface area contributed by atoms with Gasteiger partial charge in [0.05, 0.1) is 17.5 Å². The largest absolute Gasteiger partial charge is 0.490 e. The summed E-state index contributed by atoms with van der Waals surface area (Å²) in [4.78, 5) is 23.1. The normalized spacial score (nSPS) is 12.1. The Morgan fingerprint density at radius 1 is 0.944 bits per heavy atom. The number of para-hydroxylation sites is 1. The lowest BCUT2D eigenvalue weighted by molar-refractivity contribution is -0.141. The van der Waals surface area contributed by atoms with Crippen molar-refractivity contribution in [3.05, 3.63) is 62.9 Å². The van der Waals surface area contributed by atoms with E-state index in [0.29, 0.717) is 0 Å². The minimum Gasteiger partial charge on any atom is -0.490 e. The Balaban J connectivity index is 0.000000623. The quantitative estimate of drug-likeness (QED) is 0.379. The number of hydrogen-bond donors (Lipinski definition) is 1. The minimum atomic E-state index is -0.706. The van der Waals surface area contributed by atoms with E-state index in [9.17, 15) is 9.59 Å². The SMILES string of the molecule is CC.CCC(C)C(=O)O.CCC(C)Oc1c(C)c(C)c(-c2cc3ccccc3n(C)c2=O)c(C)c1C. The van der Waals surface area contributed by atoms with Crippen LogP contribution in [-0.4, -0.2) is 21.7 Å². The fraction of sp³-hybridized carbons (Fsp3) is 0.484. The van der Waals surface area contributed by atoms with Crippen LogP contribution in [0.5, 0.6) is 5.75 Å². The number of rotatable bonds is 6. The van der Waals surface area contributed by atoms with Crippen LogP contribution in [0.4, 0.5) is 0 Å². The topological polar surface area (TPSA) is 68.5 Å². The van der Waals surface area contributed by atoms with Gasteiger partial charge in [-0.2, -0.15) is 0 Å². The van der Waals surface area contributed by atoms with Gasteiger partial charge in [-0.3, -0.25) is 9.59 Å². The fourth-order valence-corrected chi connectivity index (χ4v) is 3.92. The summed E-state index contributed by atoms with van der Waals surface area (Å²) in [6.45, 7) is 20.1. The Bertz CT molecular complexity index is 1210. The molecule has 0 saturated heterocycles. The zero-order valence-corrected chi connectivity index (χ0v) is 24.1. The maximum Gasteiger partial charge on any atom is 0.306 e. The van der Waals surface area contributed by atoms with Crippen LogP contribution < -0.4 is 10.3 Å². The third-order valence-electron chi connectivity index (χ3n) is 6.89. The molecule has 2 atom stereocenters. The molecule has 1 aromatic heterocycles. The fourth-order valence-electron chi connectivity index (χ4n) is 3.92. The van der Waals surface area contributed by atoms with E-state index in [0.717, 1.165) is 62.9 Å². The number of carboxylic acid groups (broad SMARTS) is 1. The number of fused-ring (bicyclic) bond motifs is 1. The molecule has 198 valence electrons. The van der Waals surface area contributed by atoms with Crippen LogP contribution in [0.2, 0.25) is 0 Å². The zero-order valence-electron chi connectivity index (χ0n) is 24.1. The van der Waals surface area contributed by atoms with Gasteiger partial charge < -0.3 is 14.4 Å². The average molecular weight is 496 g/mol. The number of benzene rings is 2. The van der Waals surface area contributed by atoms with E-state index in [1.807, 2.05) is 52.1 Å². The summed E-state index contributed by atoms with van der Waals surface area (Å²) >= 11 is 0. The first kappa shape index (κ1) is 31.0. The van der Waals surface area contributed by atoms with Crippen molar-refractivity contribution in [3.63, 3.8) is 0 Å². The van der Waals surface area contributed by atoms with E-state index >= 15 is 0 Å². The first-order chi connectivity index (χ1) is 17.0. The van der Waals surface area contributed by atoms with Gasteiger partial charge in [0.25, 0.3) is 5.56 Å². The van der Waals surface area contributed by atoms with Crippen LogP contribution in [0.25, 0.3) is 22.0 Å². The highest BCUT2D eigenvalue weighted by molar-refractivity contribution is 5.86. The minimum absolute atomic E-state index is 0.0364. The number of nitrogens with zero attached hydrogens (tertiary/aromatic N) is 1. The first-order valence-electron chi connectivity index (χ1n) is 13.0. The molecule has 1 N–H and O–H groups in total. The van der Waals surface area contributed by atoms with Crippen molar-refractivity contribution in [2.75, 3.05) is 0 Å². The summed E-state index contributed by atoms with van der Waals surface area (Å²) < 4.78 is 7.97. The van der Waals surface area contributed by atoms with Crippen molar-refractivity contribution in [1.29, 1.82) is 0 Å². The third-order valence-corrected chi connectivity index (χ3v) is 6.89. The molecule has 0 aliphatic carbocycles. The maximum atomic E-state index is 13.2. The number of hydrogen-bond acceptors (Lipinski definition) is 3. The number of aryl methyl sites for hydroxylation is 1. The molecule has 1 heterocycles. The van der Waals surface area contributed by atoms with Crippen LogP contribution in [-0.2, 0) is 11.8 Å². The summed E-state index contributed by atoms with van der Waals surface area (Å²) in [7, 11) is 1.85. The highest BCUT2D eigenvalue weighted by atomic mass is 16.5. The summed E-state index contributed by atoms with van der Waals surface area (Å²) in [6, 6.07) is 10.0. The van der Waals surface area contributed by atoms with E-state index in [4.69, 9.17) is 9.84 Å². The molecule has 2 aromatic carbocycles. The van der Waals surface area contributed by atoms with Crippen LogP contribution in [0, 0.1) is 33.6 Å². The van der Waals surface area contributed by atoms with Crippen LogP contribution in [0.3, 0.4) is 0 Å². The molecule has 5 heteroatoms. The Hall–Kier alpha value is -3.08. The molecule has 0 fully saturated rings. The van der Waals surface area contributed by atoms with Gasteiger partial charge in [0.1, 0.15) is 5.75 Å². The van der Waals surface area contributed by atoms with Gasteiger partial charge in [-0.25, -0.2) is 0 Å². The molecule has 0 bridgehead atoms. The second-order valence-corrected chi connectivity index (χ2v) is 9.17. The molecule has 0 amide bonds. The molecule has 36 heavy (non-hydrogen) atoms. The number of ether oxygens (including phenoxy) is 1. The van der Waals surface area contributed by atoms with E-state index in [1.54, 1.807) is 11.5 Å². The molecule has 3 rings (SSSR count). The van der Waals surface area contributed by atoms with Gasteiger partial charge in [0.2, 0.25) is 0 Å². The molecule has 0 aliphatic rings. The average Bonchev–Trinajstić information content (AvgIpc) is 2.89. The van der Waals surface area contributed by atoms with Gasteiger partial charge in [0.15, 0.2) is 0 Å². The van der Waals surface area contributed by atoms with E-state index in [-0.39, 0.29) is 17.6 Å². The van der Waals surface area contributed by atoms with Gasteiger partial charge >= 0.3 is 5.97 Å². The second-order valence-electron chi connectivity index (χ2n) is 9.17. The molecule has 0 radical (unpaired) electrons. The second kappa shape index (κ2) is 13.9. The summed E-state index contributed by atoms with van der Waals surface area (Å²) in [5, 5.41) is 9.25. The highest BCUT2D eigenvalue weighted by Crippen LogP contribution is 2.38. The summed E-state index contributed by atoms with van der Waals surface area (Å²) in [6.07, 6.45) is 1.85. The summed E-state index contributed by atoms with van der Waals surface area (Å²) in [5.41, 5.74) is 7.24. The first-order valence-corrected chi connectivity index (χ1v) is 13.0. The molecule has 5 nitrogen and oxygen atoms in total. The van der Waals surface area contributed by atoms with Crippen molar-refractivity contribution < 1.29 is 14.6 Å². The van der Waals surface area contributed by atoms with E-state index < -0.39 is 5.97 Å². The van der Waals surface area contributed by atoms with E-state index in [1.165, 1.54) is 0 Å². The number of carboxylic acids is 1. The Morgan fingerprint density at radius 3 is 1.92 bits per heavy atom. The summed E-state index contributed by atoms with van der Waals surface area (Å²) in [5.74, 6) is 0.0724. The van der Waals surface area contributed by atoms with E-state index in [2.05, 4.69) is 47.6 Å². The zero-order chi connectivity index (χ0) is 27.7. The Morgan fingerprint density at radius 2 is 1.47 bits per heavy atom. The molecule has 0 saturated carbocycles. The van der Waals surface area contributed by atoms with Gasteiger partial charge in [-0.1, -0.05) is 52.8 Å². The molecule has 2 unspecified atom stereocenters. The lowest BCUT2D eigenvalue weighted by Gasteiger charge is -2.23. The van der Waals surface area contributed by atoms with Gasteiger partial charge in [-0.05, 0) is 92.8 Å².